The molecule has 0 saturated heterocycles. The second-order valence-electron chi connectivity index (χ2n) is 5.34. The maximum Gasteiger partial charge on any atom is 0.260 e. The van der Waals surface area contributed by atoms with Crippen molar-refractivity contribution in [2.75, 3.05) is 0 Å². The molecule has 0 saturated carbocycles. The van der Waals surface area contributed by atoms with Crippen LogP contribution in [0.25, 0.3) is 16.7 Å². The topological polar surface area (TPSA) is 37.3 Å². The Morgan fingerprint density at radius 1 is 1.19 bits per heavy atom. The van der Waals surface area contributed by atoms with E-state index in [0.717, 1.165) is 47.1 Å². The minimum absolute atomic E-state index is 0.0306. The van der Waals surface area contributed by atoms with Crippen molar-refractivity contribution < 1.29 is 0 Å². The number of rotatable bonds is 3. The highest BCUT2D eigenvalue weighted by molar-refractivity contribution is 6.42. The Kier molecular flexibility index (Phi) is 3.72. The molecule has 0 aliphatic carbocycles. The van der Waals surface area contributed by atoms with E-state index in [1.54, 1.807) is 16.5 Å². The number of aromatic nitrogens is 2. The minimum atomic E-state index is 0.0306. The van der Waals surface area contributed by atoms with Crippen molar-refractivity contribution in [2.45, 2.75) is 33.1 Å². The largest absolute Gasteiger partial charge is 0.340 e. The average Bonchev–Trinajstić information content (AvgIpc) is 2.76. The molecule has 0 fully saturated rings. The Labute approximate surface area is 132 Å². The summed E-state index contributed by atoms with van der Waals surface area (Å²) in [6.07, 6.45) is 2.88. The van der Waals surface area contributed by atoms with Gasteiger partial charge >= 0.3 is 0 Å². The Bertz CT molecular complexity index is 893. The summed E-state index contributed by atoms with van der Waals surface area (Å²) in [6, 6.07) is 5.50. The van der Waals surface area contributed by atoms with Gasteiger partial charge in [0.2, 0.25) is 0 Å². The molecule has 21 heavy (non-hydrogen) atoms. The van der Waals surface area contributed by atoms with E-state index in [4.69, 9.17) is 23.2 Å². The number of unbranched alkanes of at least 4 members (excludes halogenated alkanes) is 1. The van der Waals surface area contributed by atoms with Crippen LogP contribution in [0.3, 0.4) is 0 Å². The van der Waals surface area contributed by atoms with Crippen LogP contribution in [0.5, 0.6) is 0 Å². The van der Waals surface area contributed by atoms with Gasteiger partial charge in [-0.25, -0.2) is 0 Å². The molecule has 0 radical (unpaired) electrons. The Balaban J connectivity index is 2.37. The maximum atomic E-state index is 12.8. The van der Waals surface area contributed by atoms with Crippen LogP contribution >= 0.6 is 23.2 Å². The zero-order valence-electron chi connectivity index (χ0n) is 12.0. The molecule has 0 bridgehead atoms. The molecule has 0 unspecified atom stereocenters. The highest BCUT2D eigenvalue weighted by Gasteiger charge is 2.13. The van der Waals surface area contributed by atoms with E-state index in [9.17, 15) is 4.79 Å². The molecule has 0 spiro atoms. The first-order chi connectivity index (χ1) is 10.0. The molecular formula is C16H16Cl2N2O. The van der Waals surface area contributed by atoms with Crippen molar-refractivity contribution in [1.82, 2.24) is 9.38 Å². The van der Waals surface area contributed by atoms with Gasteiger partial charge in [-0.2, -0.15) is 0 Å². The molecule has 0 aliphatic rings. The zero-order chi connectivity index (χ0) is 15.1. The van der Waals surface area contributed by atoms with E-state index in [2.05, 4.69) is 11.9 Å². The van der Waals surface area contributed by atoms with E-state index >= 15 is 0 Å². The molecule has 3 aromatic rings. The summed E-state index contributed by atoms with van der Waals surface area (Å²) in [6.45, 7) is 4.11. The molecule has 3 rings (SSSR count). The van der Waals surface area contributed by atoms with Gasteiger partial charge in [0.15, 0.2) is 0 Å². The number of nitrogens with one attached hydrogen (secondary N) is 1. The number of aryl methyl sites for hydroxylation is 1. The van der Waals surface area contributed by atoms with Gasteiger partial charge in [-0.1, -0.05) is 36.5 Å². The number of halogens is 2. The third kappa shape index (κ3) is 2.34. The molecule has 1 aromatic carbocycles. The van der Waals surface area contributed by atoms with Crippen LogP contribution in [-0.4, -0.2) is 9.38 Å². The van der Waals surface area contributed by atoms with E-state index in [1.165, 1.54) is 0 Å². The molecular weight excluding hydrogens is 307 g/mol. The van der Waals surface area contributed by atoms with Crippen LogP contribution in [-0.2, 0) is 6.42 Å². The highest BCUT2D eigenvalue weighted by Crippen LogP contribution is 2.28. The van der Waals surface area contributed by atoms with Gasteiger partial charge in [0.25, 0.3) is 5.56 Å². The fraction of sp³-hybridized carbons (Fsp3) is 0.312. The summed E-state index contributed by atoms with van der Waals surface area (Å²) < 4.78 is 1.69. The Hall–Kier alpha value is -1.45. The maximum absolute atomic E-state index is 12.8. The fourth-order valence-electron chi connectivity index (χ4n) is 2.72. The number of aromatic amines is 1. The normalized spacial score (nSPS) is 11.6. The summed E-state index contributed by atoms with van der Waals surface area (Å²) in [7, 11) is 0. The molecule has 0 aliphatic heterocycles. The molecule has 3 nitrogen and oxygen atoms in total. The van der Waals surface area contributed by atoms with Crippen LogP contribution in [0.2, 0.25) is 10.0 Å². The molecule has 0 atom stereocenters. The van der Waals surface area contributed by atoms with Crippen LogP contribution in [0.4, 0.5) is 0 Å². The first-order valence-electron chi connectivity index (χ1n) is 7.05. The van der Waals surface area contributed by atoms with Crippen molar-refractivity contribution in [3.05, 3.63) is 49.7 Å². The van der Waals surface area contributed by atoms with E-state index < -0.39 is 0 Å². The Morgan fingerprint density at radius 3 is 2.62 bits per heavy atom. The quantitative estimate of drug-likeness (QED) is 0.743. The number of fused-ring (bicyclic) bond motifs is 3. The molecule has 2 aromatic heterocycles. The second kappa shape index (κ2) is 5.39. The van der Waals surface area contributed by atoms with Gasteiger partial charge in [0.05, 0.1) is 21.1 Å². The summed E-state index contributed by atoms with van der Waals surface area (Å²) in [4.78, 5) is 16.0. The number of nitrogens with zero attached hydrogens (tertiary/aromatic N) is 1. The van der Waals surface area contributed by atoms with Crippen LogP contribution in [0.15, 0.2) is 23.0 Å². The van der Waals surface area contributed by atoms with Crippen LogP contribution in [0.1, 0.15) is 30.9 Å². The lowest BCUT2D eigenvalue weighted by Gasteiger charge is -2.06. The number of imidazole rings is 1. The predicted octanol–water partition coefficient (Wildman–Crippen LogP) is 4.74. The van der Waals surface area contributed by atoms with Gasteiger partial charge in [0, 0.05) is 5.56 Å². The number of pyridine rings is 1. The first kappa shape index (κ1) is 14.5. The van der Waals surface area contributed by atoms with E-state index in [0.29, 0.717) is 10.0 Å². The highest BCUT2D eigenvalue weighted by atomic mass is 35.5. The lowest BCUT2D eigenvalue weighted by molar-refractivity contribution is 0.780. The average molecular weight is 323 g/mol. The summed E-state index contributed by atoms with van der Waals surface area (Å²) in [5.41, 5.74) is 4.28. The van der Waals surface area contributed by atoms with Crippen molar-refractivity contribution in [1.29, 1.82) is 0 Å². The number of benzene rings is 1. The van der Waals surface area contributed by atoms with Gasteiger partial charge < -0.3 is 4.98 Å². The fourth-order valence-corrected chi connectivity index (χ4v) is 3.04. The SMILES string of the molecule is CCCCc1c(C)cc2[nH]c3cc(Cl)c(Cl)cc3n2c1=O. The lowest BCUT2D eigenvalue weighted by atomic mass is 10.1. The van der Waals surface area contributed by atoms with Gasteiger partial charge in [-0.3, -0.25) is 9.20 Å². The standard InChI is InChI=1S/C16H16Cl2N2O/c1-3-4-5-10-9(2)6-15-19-13-7-11(17)12(18)8-14(13)20(15)16(10)21/h6-8,19H,3-5H2,1-2H3. The van der Waals surface area contributed by atoms with E-state index in [1.807, 2.05) is 13.0 Å². The number of hydrogen-bond acceptors (Lipinski definition) is 1. The van der Waals surface area contributed by atoms with Gasteiger partial charge in [-0.05, 0) is 43.5 Å². The van der Waals surface area contributed by atoms with Crippen molar-refractivity contribution in [3.8, 4) is 0 Å². The smallest absolute Gasteiger partial charge is 0.260 e. The third-order valence-electron chi connectivity index (χ3n) is 3.85. The molecule has 2 heterocycles. The zero-order valence-corrected chi connectivity index (χ0v) is 13.5. The van der Waals surface area contributed by atoms with Crippen LogP contribution in [0, 0.1) is 6.92 Å². The first-order valence-corrected chi connectivity index (χ1v) is 7.80. The third-order valence-corrected chi connectivity index (χ3v) is 4.58. The summed E-state index contributed by atoms with van der Waals surface area (Å²) in [5.74, 6) is 0. The Morgan fingerprint density at radius 2 is 1.90 bits per heavy atom. The van der Waals surface area contributed by atoms with Crippen LogP contribution < -0.4 is 5.56 Å². The molecule has 1 N–H and O–H groups in total. The van der Waals surface area contributed by atoms with Gasteiger partial charge in [-0.15, -0.1) is 0 Å². The van der Waals surface area contributed by atoms with Gasteiger partial charge in [0.1, 0.15) is 5.65 Å². The summed E-state index contributed by atoms with van der Waals surface area (Å²) >= 11 is 12.1. The lowest BCUT2D eigenvalue weighted by Crippen LogP contribution is -2.19. The monoisotopic (exact) mass is 322 g/mol. The minimum Gasteiger partial charge on any atom is -0.340 e. The molecule has 0 amide bonds. The second-order valence-corrected chi connectivity index (χ2v) is 6.16. The number of H-pyrrole nitrogens is 1. The molecule has 110 valence electrons. The molecule has 5 heteroatoms. The van der Waals surface area contributed by atoms with E-state index in [-0.39, 0.29) is 5.56 Å². The number of hydrogen-bond donors (Lipinski definition) is 1. The predicted molar refractivity (Wildman–Crippen MR) is 88.9 cm³/mol. The van der Waals surface area contributed by atoms with Crippen molar-refractivity contribution in [2.24, 2.45) is 0 Å². The summed E-state index contributed by atoms with van der Waals surface area (Å²) in [5, 5.41) is 0.930. The van der Waals surface area contributed by atoms with Crippen molar-refractivity contribution in [3.63, 3.8) is 0 Å². The van der Waals surface area contributed by atoms with Crippen molar-refractivity contribution >= 4 is 39.9 Å².